The Morgan fingerprint density at radius 1 is 1.24 bits per heavy atom. The first-order valence-corrected chi connectivity index (χ1v) is 5.40. The quantitative estimate of drug-likeness (QED) is 0.744. The number of anilines is 1. The molecule has 2 nitrogen and oxygen atoms in total. The first-order chi connectivity index (χ1) is 8.03. The van der Waals surface area contributed by atoms with Crippen molar-refractivity contribution in [2.24, 2.45) is 0 Å². The maximum atomic E-state index is 13.4. The Balaban J connectivity index is 2.24. The van der Waals surface area contributed by atoms with Crippen molar-refractivity contribution in [3.63, 3.8) is 0 Å². The van der Waals surface area contributed by atoms with Gasteiger partial charge in [-0.15, -0.1) is 0 Å². The lowest BCUT2D eigenvalue weighted by molar-refractivity contribution is -0.0220. The van der Waals surface area contributed by atoms with E-state index in [4.69, 9.17) is 0 Å². The fourth-order valence-electron chi connectivity index (χ4n) is 1.99. The molecule has 1 heterocycles. The summed E-state index contributed by atoms with van der Waals surface area (Å²) in [5.41, 5.74) is 0.341. The lowest BCUT2D eigenvalue weighted by Gasteiger charge is -2.34. The second-order valence-electron chi connectivity index (χ2n) is 4.13. The summed E-state index contributed by atoms with van der Waals surface area (Å²) in [6.07, 6.45) is -0.0962. The zero-order chi connectivity index (χ0) is 12.5. The van der Waals surface area contributed by atoms with Gasteiger partial charge < -0.3 is 4.90 Å². The normalized spacial score (nSPS) is 19.1. The number of nitrogens with zero attached hydrogens (tertiary/aromatic N) is 1. The molecule has 92 valence electrons. The van der Waals surface area contributed by atoms with E-state index < -0.39 is 11.7 Å². The van der Waals surface area contributed by atoms with Crippen LogP contribution in [0.5, 0.6) is 0 Å². The van der Waals surface area contributed by atoms with Gasteiger partial charge in [0.2, 0.25) is 0 Å². The van der Waals surface area contributed by atoms with Crippen molar-refractivity contribution in [1.29, 1.82) is 0 Å². The highest BCUT2D eigenvalue weighted by atomic mass is 19.3. The minimum Gasteiger partial charge on any atom is -0.370 e. The minimum atomic E-state index is -2.65. The Labute approximate surface area is 97.0 Å². The molecule has 1 aliphatic rings. The van der Waals surface area contributed by atoms with Gasteiger partial charge in [-0.25, -0.2) is 13.2 Å². The van der Waals surface area contributed by atoms with Crippen LogP contribution in [-0.2, 0) is 0 Å². The second kappa shape index (κ2) is 4.39. The van der Waals surface area contributed by atoms with Crippen LogP contribution in [0.15, 0.2) is 18.2 Å². The molecule has 5 heteroatoms. The van der Waals surface area contributed by atoms with Gasteiger partial charge in [-0.05, 0) is 12.1 Å². The van der Waals surface area contributed by atoms with Gasteiger partial charge >= 0.3 is 0 Å². The molecule has 1 fully saturated rings. The summed E-state index contributed by atoms with van der Waals surface area (Å²) in [5, 5.41) is 0. The first-order valence-electron chi connectivity index (χ1n) is 5.40. The van der Waals surface area contributed by atoms with Gasteiger partial charge in [0.1, 0.15) is 5.82 Å². The molecule has 0 radical (unpaired) electrons. The van der Waals surface area contributed by atoms with Crippen molar-refractivity contribution in [2.45, 2.75) is 18.8 Å². The molecule has 1 saturated heterocycles. The van der Waals surface area contributed by atoms with Crippen LogP contribution in [0.4, 0.5) is 18.9 Å². The summed E-state index contributed by atoms with van der Waals surface area (Å²) in [5.74, 6) is -3.26. The van der Waals surface area contributed by atoms with Gasteiger partial charge in [0.25, 0.3) is 5.92 Å². The van der Waals surface area contributed by atoms with E-state index in [1.807, 2.05) is 0 Å². The Morgan fingerprint density at radius 3 is 2.47 bits per heavy atom. The molecule has 1 aromatic carbocycles. The van der Waals surface area contributed by atoms with E-state index in [1.165, 1.54) is 12.1 Å². The molecule has 0 bridgehead atoms. The molecule has 1 aliphatic heterocycles. The van der Waals surface area contributed by atoms with Crippen molar-refractivity contribution in [3.8, 4) is 0 Å². The third-order valence-electron chi connectivity index (χ3n) is 2.98. The van der Waals surface area contributed by atoms with E-state index in [-0.39, 0.29) is 31.5 Å². The Bertz CT molecular complexity index is 424. The summed E-state index contributed by atoms with van der Waals surface area (Å²) in [4.78, 5) is 12.4. The SMILES string of the molecule is O=Cc1c(F)cccc1N1CCC(F)(F)CC1. The van der Waals surface area contributed by atoms with Gasteiger partial charge in [0.05, 0.1) is 11.3 Å². The number of carbonyl (C=O) groups excluding carboxylic acids is 1. The standard InChI is InChI=1S/C12H12F3NO/c13-10-2-1-3-11(9(10)8-17)16-6-4-12(14,15)5-7-16/h1-3,8H,4-7H2. The Kier molecular flexibility index (Phi) is 3.09. The first kappa shape index (κ1) is 12.0. The number of aldehydes is 1. The smallest absolute Gasteiger partial charge is 0.251 e. The largest absolute Gasteiger partial charge is 0.370 e. The van der Waals surface area contributed by atoms with Crippen LogP contribution in [0, 0.1) is 5.82 Å². The number of alkyl halides is 2. The zero-order valence-electron chi connectivity index (χ0n) is 9.13. The number of rotatable bonds is 2. The van der Waals surface area contributed by atoms with Crippen LogP contribution in [0.3, 0.4) is 0 Å². The van der Waals surface area contributed by atoms with Crippen LogP contribution in [0.2, 0.25) is 0 Å². The minimum absolute atomic E-state index is 0.0577. The lowest BCUT2D eigenvalue weighted by Crippen LogP contribution is -2.39. The predicted molar refractivity (Wildman–Crippen MR) is 58.2 cm³/mol. The van der Waals surface area contributed by atoms with Crippen LogP contribution in [0.25, 0.3) is 0 Å². The molecule has 0 N–H and O–H groups in total. The molecule has 0 aromatic heterocycles. The lowest BCUT2D eigenvalue weighted by atomic mass is 10.0. The molecule has 2 rings (SSSR count). The highest BCUT2D eigenvalue weighted by molar-refractivity contribution is 5.85. The molecule has 0 saturated carbocycles. The number of carbonyl (C=O) groups is 1. The molecule has 1 aromatic rings. The van der Waals surface area contributed by atoms with E-state index in [2.05, 4.69) is 0 Å². The number of benzene rings is 1. The van der Waals surface area contributed by atoms with Crippen molar-refractivity contribution >= 4 is 12.0 Å². The number of hydrogen-bond donors (Lipinski definition) is 0. The van der Waals surface area contributed by atoms with Crippen molar-refractivity contribution < 1.29 is 18.0 Å². The van der Waals surface area contributed by atoms with E-state index >= 15 is 0 Å². The van der Waals surface area contributed by atoms with Crippen LogP contribution >= 0.6 is 0 Å². The molecular formula is C12H12F3NO. The average Bonchev–Trinajstić information content (AvgIpc) is 2.29. The third kappa shape index (κ3) is 2.43. The number of hydrogen-bond acceptors (Lipinski definition) is 2. The second-order valence-corrected chi connectivity index (χ2v) is 4.13. The molecular weight excluding hydrogens is 231 g/mol. The fraction of sp³-hybridized carbons (Fsp3) is 0.417. The topological polar surface area (TPSA) is 20.3 Å². The summed E-state index contributed by atoms with van der Waals surface area (Å²) < 4.78 is 39.3. The molecule has 0 atom stereocenters. The monoisotopic (exact) mass is 243 g/mol. The van der Waals surface area contributed by atoms with Crippen molar-refractivity contribution in [1.82, 2.24) is 0 Å². The van der Waals surface area contributed by atoms with Crippen LogP contribution in [-0.4, -0.2) is 25.3 Å². The highest BCUT2D eigenvalue weighted by Crippen LogP contribution is 2.32. The summed E-state index contributed by atoms with van der Waals surface area (Å²) in [6.45, 7) is 0.272. The molecule has 0 amide bonds. The number of halogens is 3. The van der Waals surface area contributed by atoms with Gasteiger partial charge in [-0.2, -0.15) is 0 Å². The van der Waals surface area contributed by atoms with Gasteiger partial charge in [0, 0.05) is 25.9 Å². The highest BCUT2D eigenvalue weighted by Gasteiger charge is 2.34. The van der Waals surface area contributed by atoms with E-state index in [9.17, 15) is 18.0 Å². The molecule has 0 aliphatic carbocycles. The van der Waals surface area contributed by atoms with Gasteiger partial charge in [-0.1, -0.05) is 6.07 Å². The van der Waals surface area contributed by atoms with Crippen molar-refractivity contribution in [2.75, 3.05) is 18.0 Å². The summed E-state index contributed by atoms with van der Waals surface area (Å²) in [7, 11) is 0. The van der Waals surface area contributed by atoms with Gasteiger partial charge in [-0.3, -0.25) is 4.79 Å². The van der Waals surface area contributed by atoms with E-state index in [1.54, 1.807) is 11.0 Å². The van der Waals surface area contributed by atoms with Crippen molar-refractivity contribution in [3.05, 3.63) is 29.6 Å². The fourth-order valence-corrected chi connectivity index (χ4v) is 1.99. The zero-order valence-corrected chi connectivity index (χ0v) is 9.13. The maximum absolute atomic E-state index is 13.4. The molecule has 0 spiro atoms. The molecule has 17 heavy (non-hydrogen) atoms. The molecule has 0 unspecified atom stereocenters. The Morgan fingerprint density at radius 2 is 1.88 bits per heavy atom. The third-order valence-corrected chi connectivity index (χ3v) is 2.98. The summed E-state index contributed by atoms with van der Waals surface area (Å²) in [6, 6.07) is 4.24. The van der Waals surface area contributed by atoms with E-state index in [0.717, 1.165) is 0 Å². The number of piperidine rings is 1. The van der Waals surface area contributed by atoms with E-state index in [0.29, 0.717) is 12.0 Å². The van der Waals surface area contributed by atoms with Crippen LogP contribution in [0.1, 0.15) is 23.2 Å². The van der Waals surface area contributed by atoms with Crippen LogP contribution < -0.4 is 4.90 Å². The average molecular weight is 243 g/mol. The Hall–Kier alpha value is -1.52. The maximum Gasteiger partial charge on any atom is 0.251 e. The predicted octanol–water partition coefficient (Wildman–Crippen LogP) is 2.87. The van der Waals surface area contributed by atoms with Gasteiger partial charge in [0.15, 0.2) is 6.29 Å². The summed E-state index contributed by atoms with van der Waals surface area (Å²) >= 11 is 0.